The molecule has 0 aliphatic carbocycles. The number of aromatic hydroxyl groups is 2. The summed E-state index contributed by atoms with van der Waals surface area (Å²) in [6.07, 6.45) is 4.90. The van der Waals surface area contributed by atoms with Crippen LogP contribution in [0.15, 0.2) is 83.9 Å². The predicted octanol–water partition coefficient (Wildman–Crippen LogP) is 8.44. The molecule has 9 rings (SSSR count). The molecule has 4 aliphatic heterocycles. The second-order valence-electron chi connectivity index (χ2n) is 17.7. The quantitative estimate of drug-likeness (QED) is 0.0567. The fraction of sp³-hybridized carbons (Fsp3) is 0.380. The molecule has 5 heterocycles. The molecule has 0 fully saturated rings. The van der Waals surface area contributed by atoms with E-state index in [1.165, 1.54) is 23.4 Å². The lowest BCUT2D eigenvalue weighted by atomic mass is 10.1. The van der Waals surface area contributed by atoms with Crippen LogP contribution in [0.1, 0.15) is 60.2 Å². The van der Waals surface area contributed by atoms with E-state index in [0.717, 1.165) is 71.1 Å². The van der Waals surface area contributed by atoms with Gasteiger partial charge in [0.05, 0.1) is 50.8 Å². The van der Waals surface area contributed by atoms with Gasteiger partial charge in [0.1, 0.15) is 0 Å². The van der Waals surface area contributed by atoms with Crippen molar-refractivity contribution in [2.45, 2.75) is 69.3 Å². The molecule has 2 atom stereocenters. The standard InChI is InChI=1S/C50H56N6O9S2/c1-50(2,67-66-19-8-12-48(59)65-56-46(57)15-16-47(56)58)30-53(3)34-14-13-32-20-35-27-51-38-25-44(42(61-4)22-33(38)29-54(35)41(32)23-34)63-17-9-18-64-45-26-39-37(24-43(45)62-5)49(60)55-36(28-52-39)21-31-10-6-7-11-40(31)55/h6-7,10-11,13-16,22-26,28,35-36,51,57-58H,8-9,12,17-21,27,29-30H2,1-5H3. The minimum atomic E-state index is -0.522. The van der Waals surface area contributed by atoms with E-state index in [-0.39, 0.29) is 34.9 Å². The molecule has 0 bridgehead atoms. The van der Waals surface area contributed by atoms with E-state index < -0.39 is 5.97 Å². The van der Waals surface area contributed by atoms with Crippen molar-refractivity contribution in [3.63, 3.8) is 0 Å². The highest BCUT2D eigenvalue weighted by molar-refractivity contribution is 8.77. The van der Waals surface area contributed by atoms with Crippen LogP contribution < -0.4 is 43.8 Å². The minimum absolute atomic E-state index is 0.0846. The topological polar surface area (TPSA) is 160 Å². The second-order valence-corrected chi connectivity index (χ2v) is 20.8. The van der Waals surface area contributed by atoms with E-state index in [4.69, 9.17) is 28.8 Å². The Bertz CT molecular complexity index is 2670. The lowest BCUT2D eigenvalue weighted by molar-refractivity contribution is -0.145. The highest BCUT2D eigenvalue weighted by atomic mass is 33.1. The molecule has 67 heavy (non-hydrogen) atoms. The summed E-state index contributed by atoms with van der Waals surface area (Å²) < 4.78 is 24.7. The molecular formula is C50H56N6O9S2. The molecule has 0 spiro atoms. The van der Waals surface area contributed by atoms with Crippen molar-refractivity contribution in [1.82, 2.24) is 4.73 Å². The number of rotatable bonds is 18. The molecular weight excluding hydrogens is 893 g/mol. The smallest absolute Gasteiger partial charge is 0.333 e. The number of methoxy groups -OCH3 is 2. The third-order valence-corrected chi connectivity index (χ3v) is 15.8. The molecule has 1 amide bonds. The Hall–Kier alpha value is -6.33. The Balaban J connectivity index is 0.772. The molecule has 3 N–H and O–H groups in total. The minimum Gasteiger partial charge on any atom is -0.493 e. The number of carbonyl (C=O) groups is 2. The molecule has 352 valence electrons. The molecule has 4 aliphatic rings. The van der Waals surface area contributed by atoms with E-state index >= 15 is 0 Å². The lowest BCUT2D eigenvalue weighted by Gasteiger charge is -2.31. The number of hydrogen-bond donors (Lipinski definition) is 3. The van der Waals surface area contributed by atoms with Crippen molar-refractivity contribution in [1.29, 1.82) is 0 Å². The van der Waals surface area contributed by atoms with Crippen LogP contribution in [0, 0.1) is 0 Å². The van der Waals surface area contributed by atoms with Crippen molar-refractivity contribution in [2.75, 3.05) is 73.3 Å². The van der Waals surface area contributed by atoms with Gasteiger partial charge in [0.2, 0.25) is 11.8 Å². The average Bonchev–Trinajstić information content (AvgIpc) is 3.90. The molecule has 2 unspecified atom stereocenters. The van der Waals surface area contributed by atoms with Crippen molar-refractivity contribution >= 4 is 68.1 Å². The van der Waals surface area contributed by atoms with E-state index in [1.54, 1.807) is 47.9 Å². The van der Waals surface area contributed by atoms with Crippen LogP contribution in [-0.2, 0) is 24.2 Å². The number of aliphatic imine (C=N–C) groups is 1. The maximum atomic E-state index is 13.8. The highest BCUT2D eigenvalue weighted by Crippen LogP contribution is 2.44. The molecule has 1 aromatic heterocycles. The first-order valence-electron chi connectivity index (χ1n) is 22.5. The maximum absolute atomic E-state index is 13.8. The van der Waals surface area contributed by atoms with Crippen molar-refractivity contribution < 1.29 is 43.6 Å². The van der Waals surface area contributed by atoms with Crippen molar-refractivity contribution in [2.24, 2.45) is 4.99 Å². The second kappa shape index (κ2) is 19.5. The average molecular weight is 949 g/mol. The maximum Gasteiger partial charge on any atom is 0.333 e. The fourth-order valence-electron chi connectivity index (χ4n) is 9.19. The first kappa shape index (κ1) is 45.8. The van der Waals surface area contributed by atoms with Crippen LogP contribution in [0.2, 0.25) is 0 Å². The first-order valence-corrected chi connectivity index (χ1v) is 24.8. The monoisotopic (exact) mass is 948 g/mol. The number of para-hydroxylation sites is 1. The zero-order valence-corrected chi connectivity index (χ0v) is 40.0. The van der Waals surface area contributed by atoms with E-state index in [0.29, 0.717) is 66.3 Å². The third-order valence-electron chi connectivity index (χ3n) is 12.4. The van der Waals surface area contributed by atoms with Gasteiger partial charge in [0.15, 0.2) is 23.0 Å². The van der Waals surface area contributed by atoms with E-state index in [1.807, 2.05) is 35.4 Å². The lowest BCUT2D eigenvalue weighted by Crippen LogP contribution is -2.37. The number of nitrogens with one attached hydrogen (secondary N) is 1. The number of aromatic nitrogens is 1. The Morgan fingerprint density at radius 2 is 1.60 bits per heavy atom. The van der Waals surface area contributed by atoms with Gasteiger partial charge in [-0.1, -0.05) is 45.9 Å². The number of nitrogens with zero attached hydrogens (tertiary/aromatic N) is 5. The van der Waals surface area contributed by atoms with Crippen LogP contribution in [0.25, 0.3) is 0 Å². The third kappa shape index (κ3) is 9.75. The zero-order valence-electron chi connectivity index (χ0n) is 38.3. The summed E-state index contributed by atoms with van der Waals surface area (Å²) in [6, 6.07) is 25.1. The van der Waals surface area contributed by atoms with Gasteiger partial charge < -0.3 is 49.1 Å². The highest BCUT2D eigenvalue weighted by Gasteiger charge is 2.37. The van der Waals surface area contributed by atoms with Crippen LogP contribution in [0.5, 0.6) is 34.8 Å². The SMILES string of the molecule is COc1cc2c(cc1OCCCOc1cc3c(cc1OC)CN1c4cc(N(C)CC(C)(C)SSCCCC(=O)On5c(O)ccc5O)ccc4CC1CN3)N=CC1Cc3ccccc3N1C2=O. The van der Waals surface area contributed by atoms with Crippen LogP contribution in [0.3, 0.4) is 0 Å². The van der Waals surface area contributed by atoms with Crippen LogP contribution >= 0.6 is 21.6 Å². The van der Waals surface area contributed by atoms with Crippen LogP contribution in [-0.4, -0.2) is 103 Å². The van der Waals surface area contributed by atoms with Gasteiger partial charge in [0, 0.05) is 110 Å². The number of anilines is 4. The predicted molar refractivity (Wildman–Crippen MR) is 265 cm³/mol. The summed E-state index contributed by atoms with van der Waals surface area (Å²) >= 11 is 0. The van der Waals surface area contributed by atoms with E-state index in [2.05, 4.69) is 66.3 Å². The number of fused-ring (bicyclic) bond motifs is 8. The number of benzene rings is 4. The summed E-state index contributed by atoms with van der Waals surface area (Å²) in [7, 11) is 8.88. The van der Waals surface area contributed by atoms with Crippen LogP contribution in [0.4, 0.5) is 28.4 Å². The largest absolute Gasteiger partial charge is 0.493 e. The first-order chi connectivity index (χ1) is 32.4. The Morgan fingerprint density at radius 1 is 0.866 bits per heavy atom. The van der Waals surface area contributed by atoms with Gasteiger partial charge in [-0.15, -0.1) is 4.73 Å². The molecule has 5 aromatic rings. The number of amides is 1. The summed E-state index contributed by atoms with van der Waals surface area (Å²) in [5.41, 5.74) is 8.97. The van der Waals surface area contributed by atoms with Gasteiger partial charge >= 0.3 is 5.97 Å². The number of hydrogen-bond acceptors (Lipinski definition) is 15. The van der Waals surface area contributed by atoms with Crippen molar-refractivity contribution in [3.05, 3.63) is 101 Å². The summed E-state index contributed by atoms with van der Waals surface area (Å²) in [6.45, 7) is 7.53. The Morgan fingerprint density at radius 3 is 2.37 bits per heavy atom. The molecule has 15 nitrogen and oxygen atoms in total. The van der Waals surface area contributed by atoms with Gasteiger partial charge in [-0.05, 0) is 73.7 Å². The Labute approximate surface area is 398 Å². The number of carbonyl (C=O) groups excluding carboxylic acids is 2. The summed E-state index contributed by atoms with van der Waals surface area (Å²) in [4.78, 5) is 42.4. The van der Waals surface area contributed by atoms with Gasteiger partial charge in [-0.3, -0.25) is 14.7 Å². The summed E-state index contributed by atoms with van der Waals surface area (Å²) in [5.74, 6) is 1.78. The van der Waals surface area contributed by atoms with Gasteiger partial charge in [-0.2, -0.15) is 0 Å². The molecule has 0 saturated carbocycles. The molecule has 0 saturated heterocycles. The zero-order chi connectivity index (χ0) is 46.8. The summed E-state index contributed by atoms with van der Waals surface area (Å²) in [5, 5.41) is 23.1. The van der Waals surface area contributed by atoms with Gasteiger partial charge in [-0.25, -0.2) is 4.79 Å². The van der Waals surface area contributed by atoms with Gasteiger partial charge in [0.25, 0.3) is 5.91 Å². The Kier molecular flexibility index (Phi) is 13.3. The molecule has 17 heteroatoms. The fourth-order valence-corrected chi connectivity index (χ4v) is 11.8. The van der Waals surface area contributed by atoms with Crippen molar-refractivity contribution in [3.8, 4) is 34.8 Å². The van der Waals surface area contributed by atoms with E-state index in [9.17, 15) is 19.8 Å². The normalized spacial score (nSPS) is 16.6. The molecule has 4 aromatic carbocycles. The molecule has 0 radical (unpaired) electrons. The number of ether oxygens (including phenoxy) is 4.